The molecule has 4 aromatic rings. The van der Waals surface area contributed by atoms with E-state index in [0.29, 0.717) is 33.5 Å². The van der Waals surface area contributed by atoms with Crippen LogP contribution in [0.2, 0.25) is 0 Å². The van der Waals surface area contributed by atoms with Crippen LogP contribution in [0, 0.1) is 0 Å². The van der Waals surface area contributed by atoms with Gasteiger partial charge in [0, 0.05) is 6.54 Å². The minimum atomic E-state index is -3.84. The third kappa shape index (κ3) is 4.64. The Bertz CT molecular complexity index is 1300. The summed E-state index contributed by atoms with van der Waals surface area (Å²) in [6, 6.07) is 11.3. The minimum Gasteiger partial charge on any atom is -0.495 e. The molecule has 0 amide bonds. The van der Waals surface area contributed by atoms with Crippen molar-refractivity contribution in [3.05, 3.63) is 48.3 Å². The highest BCUT2D eigenvalue weighted by atomic mass is 32.2. The third-order valence-corrected chi connectivity index (χ3v) is 6.55. The predicted molar refractivity (Wildman–Crippen MR) is 115 cm³/mol. The van der Waals surface area contributed by atoms with Gasteiger partial charge in [-0.25, -0.2) is 18.1 Å². The van der Waals surface area contributed by atoms with E-state index in [1.165, 1.54) is 31.0 Å². The lowest BCUT2D eigenvalue weighted by Crippen LogP contribution is -2.13. The molecule has 0 spiro atoms. The zero-order valence-electron chi connectivity index (χ0n) is 16.8. The average Bonchev–Trinajstić information content (AvgIpc) is 3.38. The second-order valence-corrected chi connectivity index (χ2v) is 9.13. The van der Waals surface area contributed by atoms with Gasteiger partial charge < -0.3 is 9.15 Å². The number of fused-ring (bicyclic) bond motifs is 1. The van der Waals surface area contributed by atoms with Gasteiger partial charge in [-0.3, -0.25) is 4.72 Å². The number of nitrogens with one attached hydrogen (secondary N) is 1. The van der Waals surface area contributed by atoms with E-state index in [-0.39, 0.29) is 4.90 Å². The van der Waals surface area contributed by atoms with Crippen LogP contribution in [0.5, 0.6) is 5.75 Å². The molecule has 2 aromatic heterocycles. The summed E-state index contributed by atoms with van der Waals surface area (Å²) in [5.41, 5.74) is 1.29. The molecule has 0 bridgehead atoms. The predicted octanol–water partition coefficient (Wildman–Crippen LogP) is 3.33. The number of oxazole rings is 1. The Labute approximate surface area is 183 Å². The Kier molecular flexibility index (Phi) is 6.09. The Morgan fingerprint density at radius 3 is 2.87 bits per heavy atom. The van der Waals surface area contributed by atoms with Crippen molar-refractivity contribution in [3.63, 3.8) is 0 Å². The number of rotatable bonds is 9. The molecule has 0 saturated heterocycles. The van der Waals surface area contributed by atoms with Crippen LogP contribution in [0.4, 0.5) is 5.69 Å². The molecule has 2 aromatic carbocycles. The van der Waals surface area contributed by atoms with Crippen LogP contribution in [-0.2, 0) is 22.3 Å². The quantitative estimate of drug-likeness (QED) is 0.374. The summed E-state index contributed by atoms with van der Waals surface area (Å²) in [5, 5.41) is 12.1. The van der Waals surface area contributed by atoms with Crippen molar-refractivity contribution in [2.45, 2.75) is 35.8 Å². The van der Waals surface area contributed by atoms with Gasteiger partial charge in [-0.05, 0) is 47.2 Å². The molecule has 4 rings (SSSR count). The number of nitrogens with zero attached hydrogens (tertiary/aromatic N) is 5. The van der Waals surface area contributed by atoms with Crippen LogP contribution in [0.3, 0.4) is 0 Å². The lowest BCUT2D eigenvalue weighted by atomic mass is 10.3. The molecule has 0 aliphatic rings. The number of hydrogen-bond acceptors (Lipinski definition) is 9. The summed E-state index contributed by atoms with van der Waals surface area (Å²) in [4.78, 5) is 4.48. The topological polar surface area (TPSA) is 125 Å². The van der Waals surface area contributed by atoms with Gasteiger partial charge in [0.25, 0.3) is 15.2 Å². The second-order valence-electron chi connectivity index (χ2n) is 6.52. The monoisotopic (exact) mass is 460 g/mol. The third-order valence-electron chi connectivity index (χ3n) is 4.37. The Morgan fingerprint density at radius 2 is 2.06 bits per heavy atom. The SMILES string of the molecule is CCCn1nnnc1CSc1nc2cc(S(=O)(=O)Nc3ccccc3OC)ccc2o1. The number of benzene rings is 2. The molecule has 1 N–H and O–H groups in total. The highest BCUT2D eigenvalue weighted by Gasteiger charge is 2.19. The molecule has 162 valence electrons. The molecule has 12 heteroatoms. The maximum Gasteiger partial charge on any atom is 0.262 e. The molecule has 0 unspecified atom stereocenters. The maximum atomic E-state index is 12.8. The van der Waals surface area contributed by atoms with Crippen molar-refractivity contribution in [3.8, 4) is 5.75 Å². The zero-order chi connectivity index (χ0) is 21.8. The Morgan fingerprint density at radius 1 is 1.23 bits per heavy atom. The van der Waals surface area contributed by atoms with Gasteiger partial charge in [0.05, 0.1) is 23.4 Å². The number of aromatic nitrogens is 5. The summed E-state index contributed by atoms with van der Waals surface area (Å²) < 4.78 is 40.9. The van der Waals surface area contributed by atoms with Crippen LogP contribution in [-0.4, -0.2) is 40.7 Å². The maximum absolute atomic E-state index is 12.8. The zero-order valence-corrected chi connectivity index (χ0v) is 18.5. The molecule has 0 fully saturated rings. The first kappa shape index (κ1) is 21.1. The van der Waals surface area contributed by atoms with Crippen molar-refractivity contribution < 1.29 is 17.6 Å². The van der Waals surface area contributed by atoms with E-state index in [1.54, 1.807) is 35.0 Å². The van der Waals surface area contributed by atoms with Crippen LogP contribution in [0.25, 0.3) is 11.1 Å². The summed E-state index contributed by atoms with van der Waals surface area (Å²) in [6.45, 7) is 2.78. The van der Waals surface area contributed by atoms with Crippen LogP contribution in [0.1, 0.15) is 19.2 Å². The molecule has 0 radical (unpaired) electrons. The molecule has 0 saturated carbocycles. The molecule has 0 atom stereocenters. The number of anilines is 1. The molecular formula is C19H20N6O4S2. The molecule has 31 heavy (non-hydrogen) atoms. The van der Waals surface area contributed by atoms with Gasteiger partial charge in [-0.15, -0.1) is 5.10 Å². The molecular weight excluding hydrogens is 440 g/mol. The van der Waals surface area contributed by atoms with E-state index in [0.717, 1.165) is 18.8 Å². The van der Waals surface area contributed by atoms with Crippen molar-refractivity contribution in [2.75, 3.05) is 11.8 Å². The van der Waals surface area contributed by atoms with E-state index in [4.69, 9.17) is 9.15 Å². The lowest BCUT2D eigenvalue weighted by Gasteiger charge is -2.11. The normalized spacial score (nSPS) is 11.7. The Balaban J connectivity index is 1.53. The summed E-state index contributed by atoms with van der Waals surface area (Å²) >= 11 is 1.34. The van der Waals surface area contributed by atoms with Gasteiger partial charge in [0.2, 0.25) is 0 Å². The number of thioether (sulfide) groups is 1. The number of ether oxygens (including phenoxy) is 1. The lowest BCUT2D eigenvalue weighted by molar-refractivity contribution is 0.417. The van der Waals surface area contributed by atoms with Crippen LogP contribution < -0.4 is 9.46 Å². The summed E-state index contributed by atoms with van der Waals surface area (Å²) in [7, 11) is -2.36. The molecule has 0 aliphatic heterocycles. The number of hydrogen-bond donors (Lipinski definition) is 1. The van der Waals surface area contributed by atoms with Crippen molar-refractivity contribution in [1.29, 1.82) is 0 Å². The number of aryl methyl sites for hydroxylation is 1. The van der Waals surface area contributed by atoms with Crippen molar-refractivity contribution in [1.82, 2.24) is 25.2 Å². The summed E-state index contributed by atoms with van der Waals surface area (Å²) in [5.74, 6) is 1.64. The van der Waals surface area contributed by atoms with E-state index < -0.39 is 10.0 Å². The van der Waals surface area contributed by atoms with E-state index in [2.05, 4.69) is 25.2 Å². The van der Waals surface area contributed by atoms with Crippen LogP contribution in [0.15, 0.2) is 57.0 Å². The molecule has 2 heterocycles. The van der Waals surface area contributed by atoms with Gasteiger partial charge in [-0.2, -0.15) is 0 Å². The number of methoxy groups -OCH3 is 1. The highest BCUT2D eigenvalue weighted by Crippen LogP contribution is 2.29. The first-order chi connectivity index (χ1) is 15.0. The minimum absolute atomic E-state index is 0.0719. The molecule has 10 nitrogen and oxygen atoms in total. The van der Waals surface area contributed by atoms with E-state index in [1.807, 2.05) is 6.92 Å². The first-order valence-electron chi connectivity index (χ1n) is 9.44. The fraction of sp³-hybridized carbons (Fsp3) is 0.263. The van der Waals surface area contributed by atoms with E-state index in [9.17, 15) is 8.42 Å². The standard InChI is InChI=1S/C19H20N6O4S2/c1-3-10-25-18(21-23-24-25)12-30-19-20-15-11-13(8-9-17(15)29-19)31(26,27)22-14-6-4-5-7-16(14)28-2/h4-9,11,22H,3,10,12H2,1-2H3. The number of sulfonamides is 1. The Hall–Kier alpha value is -3.12. The van der Waals surface area contributed by atoms with E-state index >= 15 is 0 Å². The van der Waals surface area contributed by atoms with Crippen molar-refractivity contribution >= 4 is 38.6 Å². The average molecular weight is 461 g/mol. The first-order valence-corrected chi connectivity index (χ1v) is 11.9. The highest BCUT2D eigenvalue weighted by molar-refractivity contribution is 7.98. The van der Waals surface area contributed by atoms with Gasteiger partial charge >= 0.3 is 0 Å². The second kappa shape index (κ2) is 8.94. The molecule has 0 aliphatic carbocycles. The van der Waals surface area contributed by atoms with Gasteiger partial charge in [0.15, 0.2) is 11.4 Å². The fourth-order valence-electron chi connectivity index (χ4n) is 2.89. The van der Waals surface area contributed by atoms with Gasteiger partial charge in [0.1, 0.15) is 11.3 Å². The number of para-hydroxylation sites is 2. The number of tetrazole rings is 1. The van der Waals surface area contributed by atoms with Crippen LogP contribution >= 0.6 is 11.8 Å². The van der Waals surface area contributed by atoms with Gasteiger partial charge in [-0.1, -0.05) is 30.8 Å². The summed E-state index contributed by atoms with van der Waals surface area (Å²) in [6.07, 6.45) is 0.922. The smallest absolute Gasteiger partial charge is 0.262 e. The fourth-order valence-corrected chi connectivity index (χ4v) is 4.75. The van der Waals surface area contributed by atoms with Crippen molar-refractivity contribution in [2.24, 2.45) is 0 Å². The largest absolute Gasteiger partial charge is 0.495 e.